The van der Waals surface area contributed by atoms with Crippen molar-refractivity contribution in [3.8, 4) is 0 Å². The third kappa shape index (κ3) is 2.34. The second kappa shape index (κ2) is 5.28. The number of hydrogen-bond donors (Lipinski definition) is 1. The molecule has 0 unspecified atom stereocenters. The lowest BCUT2D eigenvalue weighted by Crippen LogP contribution is -2.26. The van der Waals surface area contributed by atoms with Gasteiger partial charge in [-0.2, -0.15) is 0 Å². The van der Waals surface area contributed by atoms with Crippen LogP contribution in [-0.4, -0.2) is 27.3 Å². The number of amides is 1. The van der Waals surface area contributed by atoms with E-state index in [4.69, 9.17) is 0 Å². The van der Waals surface area contributed by atoms with E-state index in [1.807, 2.05) is 19.1 Å². The third-order valence-electron chi connectivity index (χ3n) is 3.36. The van der Waals surface area contributed by atoms with E-state index >= 15 is 0 Å². The molecule has 5 heteroatoms. The predicted octanol–water partition coefficient (Wildman–Crippen LogP) is 2.06. The van der Waals surface area contributed by atoms with Crippen LogP contribution >= 0.6 is 0 Å². The summed E-state index contributed by atoms with van der Waals surface area (Å²) >= 11 is 0. The molecular weight excluding hydrogens is 252 g/mol. The van der Waals surface area contributed by atoms with E-state index in [1.54, 1.807) is 11.1 Å². The normalized spacial score (nSPS) is 13.2. The number of nitrogens with one attached hydrogen (secondary N) is 1. The number of anilines is 1. The Labute approximate surface area is 117 Å². The number of aromatic nitrogens is 2. The summed E-state index contributed by atoms with van der Waals surface area (Å²) < 4.78 is 0. The lowest BCUT2D eigenvalue weighted by atomic mass is 10.1. The van der Waals surface area contributed by atoms with E-state index < -0.39 is 0 Å². The lowest BCUT2D eigenvalue weighted by Gasteiger charge is -2.14. The number of fused-ring (bicyclic) bond motifs is 1. The molecule has 1 amide bonds. The molecule has 5 nitrogen and oxygen atoms in total. The van der Waals surface area contributed by atoms with E-state index in [2.05, 4.69) is 27.4 Å². The first-order chi connectivity index (χ1) is 9.78. The number of nitrogens with zero attached hydrogens (tertiary/aromatic N) is 3. The zero-order valence-corrected chi connectivity index (χ0v) is 11.3. The molecule has 2 aromatic rings. The van der Waals surface area contributed by atoms with Crippen LogP contribution < -0.4 is 5.32 Å². The van der Waals surface area contributed by atoms with Gasteiger partial charge in [-0.25, -0.2) is 9.97 Å². The number of hydrogen-bond acceptors (Lipinski definition) is 4. The first-order valence-corrected chi connectivity index (χ1v) is 6.70. The van der Waals surface area contributed by atoms with Crippen LogP contribution in [0.2, 0.25) is 0 Å². The second-order valence-corrected chi connectivity index (χ2v) is 4.75. The van der Waals surface area contributed by atoms with Crippen molar-refractivity contribution >= 4 is 11.7 Å². The van der Waals surface area contributed by atoms with Crippen molar-refractivity contribution in [1.82, 2.24) is 14.9 Å². The van der Waals surface area contributed by atoms with Crippen LogP contribution in [0.4, 0.5) is 5.82 Å². The molecule has 102 valence electrons. The second-order valence-electron chi connectivity index (χ2n) is 4.75. The highest BCUT2D eigenvalue weighted by atomic mass is 16.2. The van der Waals surface area contributed by atoms with E-state index in [0.717, 1.165) is 6.54 Å². The minimum atomic E-state index is -0.0725. The minimum Gasteiger partial charge on any atom is -0.369 e. The van der Waals surface area contributed by atoms with Crippen LogP contribution in [-0.2, 0) is 13.1 Å². The summed E-state index contributed by atoms with van der Waals surface area (Å²) in [5, 5.41) is 3.06. The Morgan fingerprint density at radius 2 is 1.90 bits per heavy atom. The van der Waals surface area contributed by atoms with E-state index in [1.165, 1.54) is 17.3 Å². The fourth-order valence-electron chi connectivity index (χ4n) is 2.35. The van der Waals surface area contributed by atoms with Crippen molar-refractivity contribution in [3.05, 3.63) is 53.5 Å². The minimum absolute atomic E-state index is 0.0725. The quantitative estimate of drug-likeness (QED) is 0.925. The topological polar surface area (TPSA) is 58.1 Å². The predicted molar refractivity (Wildman–Crippen MR) is 76.2 cm³/mol. The highest BCUT2D eigenvalue weighted by Gasteiger charge is 2.24. The highest BCUT2D eigenvalue weighted by Crippen LogP contribution is 2.23. The molecule has 1 aromatic carbocycles. The van der Waals surface area contributed by atoms with Gasteiger partial charge in [-0.15, -0.1) is 0 Å². The first kappa shape index (κ1) is 12.6. The van der Waals surface area contributed by atoms with Gasteiger partial charge < -0.3 is 10.2 Å². The van der Waals surface area contributed by atoms with Crippen molar-refractivity contribution in [2.75, 3.05) is 11.9 Å². The average Bonchev–Trinajstić information content (AvgIpc) is 2.91. The summed E-state index contributed by atoms with van der Waals surface area (Å²) in [6.45, 7) is 4.06. The lowest BCUT2D eigenvalue weighted by molar-refractivity contribution is 0.0745. The summed E-state index contributed by atoms with van der Waals surface area (Å²) in [4.78, 5) is 22.6. The maximum absolute atomic E-state index is 12.4. The third-order valence-corrected chi connectivity index (χ3v) is 3.36. The summed E-state index contributed by atoms with van der Waals surface area (Å²) in [5.74, 6) is 0.616. The molecule has 20 heavy (non-hydrogen) atoms. The molecule has 1 aliphatic rings. The van der Waals surface area contributed by atoms with Gasteiger partial charge in [0.25, 0.3) is 5.91 Å². The van der Waals surface area contributed by atoms with Crippen molar-refractivity contribution in [3.63, 3.8) is 0 Å². The van der Waals surface area contributed by atoms with Crippen molar-refractivity contribution in [1.29, 1.82) is 0 Å². The zero-order chi connectivity index (χ0) is 13.9. The smallest absolute Gasteiger partial charge is 0.274 e. The van der Waals surface area contributed by atoms with Crippen molar-refractivity contribution in [2.45, 2.75) is 20.0 Å². The molecule has 0 saturated heterocycles. The van der Waals surface area contributed by atoms with Gasteiger partial charge in [0.15, 0.2) is 0 Å². The Bertz CT molecular complexity index is 599. The Kier molecular flexibility index (Phi) is 3.33. The van der Waals surface area contributed by atoms with Gasteiger partial charge in [0.2, 0.25) is 0 Å². The first-order valence-electron chi connectivity index (χ1n) is 6.70. The molecule has 1 aliphatic heterocycles. The fourth-order valence-corrected chi connectivity index (χ4v) is 2.35. The largest absolute Gasteiger partial charge is 0.369 e. The molecule has 0 fully saturated rings. The highest BCUT2D eigenvalue weighted by molar-refractivity contribution is 5.92. The maximum Gasteiger partial charge on any atom is 0.274 e. The number of carbonyl (C=O) groups excluding carboxylic acids is 1. The van der Waals surface area contributed by atoms with Gasteiger partial charge in [-0.3, -0.25) is 4.79 Å². The summed E-state index contributed by atoms with van der Waals surface area (Å²) in [5.41, 5.74) is 2.80. The molecule has 0 bridgehead atoms. The molecule has 0 spiro atoms. The SMILES string of the molecule is CCNc1cnc(C(=O)N2Cc3ccccc3C2)cn1. The molecule has 1 aromatic heterocycles. The molecule has 0 radical (unpaired) electrons. The summed E-state index contributed by atoms with van der Waals surface area (Å²) in [6, 6.07) is 8.11. The van der Waals surface area contributed by atoms with Gasteiger partial charge in [-0.1, -0.05) is 24.3 Å². The van der Waals surface area contributed by atoms with Crippen LogP contribution in [0.1, 0.15) is 28.5 Å². The standard InChI is InChI=1S/C15H16N4O/c1-2-16-14-8-17-13(7-18-14)15(20)19-9-11-5-3-4-6-12(11)10-19/h3-8H,2,9-10H2,1H3,(H,16,18). The summed E-state index contributed by atoms with van der Waals surface area (Å²) in [6.07, 6.45) is 3.13. The van der Waals surface area contributed by atoms with Crippen LogP contribution in [0.25, 0.3) is 0 Å². The Morgan fingerprint density at radius 3 is 2.45 bits per heavy atom. The molecule has 0 saturated carbocycles. The zero-order valence-electron chi connectivity index (χ0n) is 11.3. The van der Waals surface area contributed by atoms with Crippen LogP contribution in [0.3, 0.4) is 0 Å². The van der Waals surface area contributed by atoms with Crippen LogP contribution in [0.15, 0.2) is 36.7 Å². The van der Waals surface area contributed by atoms with Gasteiger partial charge in [0.05, 0.1) is 12.4 Å². The molecule has 3 rings (SSSR count). The van der Waals surface area contributed by atoms with Gasteiger partial charge in [0, 0.05) is 19.6 Å². The molecule has 0 aliphatic carbocycles. The molecular formula is C15H16N4O. The van der Waals surface area contributed by atoms with Crippen LogP contribution in [0, 0.1) is 0 Å². The molecule has 2 heterocycles. The molecule has 1 N–H and O–H groups in total. The number of carbonyl (C=O) groups is 1. The van der Waals surface area contributed by atoms with E-state index in [-0.39, 0.29) is 5.91 Å². The van der Waals surface area contributed by atoms with Crippen molar-refractivity contribution < 1.29 is 4.79 Å². The number of rotatable bonds is 3. The van der Waals surface area contributed by atoms with Gasteiger partial charge in [0.1, 0.15) is 11.5 Å². The van der Waals surface area contributed by atoms with Crippen LogP contribution in [0.5, 0.6) is 0 Å². The van der Waals surface area contributed by atoms with Gasteiger partial charge >= 0.3 is 0 Å². The fraction of sp³-hybridized carbons (Fsp3) is 0.267. The van der Waals surface area contributed by atoms with E-state index in [9.17, 15) is 4.79 Å². The Morgan fingerprint density at radius 1 is 1.20 bits per heavy atom. The van der Waals surface area contributed by atoms with Crippen molar-refractivity contribution in [2.24, 2.45) is 0 Å². The summed E-state index contributed by atoms with van der Waals surface area (Å²) in [7, 11) is 0. The maximum atomic E-state index is 12.4. The van der Waals surface area contributed by atoms with Gasteiger partial charge in [-0.05, 0) is 18.1 Å². The van der Waals surface area contributed by atoms with E-state index in [0.29, 0.717) is 24.6 Å². The Balaban J connectivity index is 1.74. The molecule has 0 atom stereocenters. The Hall–Kier alpha value is -2.43. The monoisotopic (exact) mass is 268 g/mol. The average molecular weight is 268 g/mol. The number of benzene rings is 1.